The molecule has 106 valence electrons. The normalized spacial score (nSPS) is 16.6. The Bertz CT molecular complexity index is 446. The fourth-order valence-corrected chi connectivity index (χ4v) is 1.71. The molecule has 1 fully saturated rings. The van der Waals surface area contributed by atoms with Crippen molar-refractivity contribution in [3.8, 4) is 0 Å². The van der Waals surface area contributed by atoms with Gasteiger partial charge in [0.2, 0.25) is 5.89 Å². The van der Waals surface area contributed by atoms with Gasteiger partial charge in [0.1, 0.15) is 12.0 Å². The third kappa shape index (κ3) is 3.06. The number of alkyl halides is 2. The van der Waals surface area contributed by atoms with Crippen molar-refractivity contribution >= 4 is 5.97 Å². The quantitative estimate of drug-likeness (QED) is 0.548. The summed E-state index contributed by atoms with van der Waals surface area (Å²) in [6.45, 7) is -0.536. The van der Waals surface area contributed by atoms with Gasteiger partial charge in [0, 0.05) is 6.42 Å². The Morgan fingerprint density at radius 3 is 2.84 bits per heavy atom. The van der Waals surface area contributed by atoms with Gasteiger partial charge < -0.3 is 14.0 Å². The Morgan fingerprint density at radius 2 is 2.26 bits per heavy atom. The van der Waals surface area contributed by atoms with E-state index in [1.807, 2.05) is 0 Å². The van der Waals surface area contributed by atoms with Crippen LogP contribution in [0.15, 0.2) is 4.52 Å². The smallest absolute Gasteiger partial charge is 0.321 e. The van der Waals surface area contributed by atoms with Crippen LogP contribution in [-0.4, -0.2) is 42.9 Å². The first-order valence-corrected chi connectivity index (χ1v) is 5.86. The van der Waals surface area contributed by atoms with Gasteiger partial charge in [-0.3, -0.25) is 4.79 Å². The molecule has 1 heterocycles. The van der Waals surface area contributed by atoms with Crippen LogP contribution in [0.4, 0.5) is 8.78 Å². The molecule has 1 saturated carbocycles. The summed E-state index contributed by atoms with van der Waals surface area (Å²) in [6.07, 6.45) is -1.00. The Hall–Kier alpha value is -1.57. The van der Waals surface area contributed by atoms with Crippen LogP contribution in [0.1, 0.15) is 24.6 Å². The minimum Gasteiger partial charge on any atom is -0.468 e. The van der Waals surface area contributed by atoms with Gasteiger partial charge in [-0.2, -0.15) is 4.98 Å². The largest absolute Gasteiger partial charge is 0.468 e. The summed E-state index contributed by atoms with van der Waals surface area (Å²) in [5.74, 6) is 0.166. The molecule has 0 amide bonds. The molecule has 0 bridgehead atoms. The van der Waals surface area contributed by atoms with Gasteiger partial charge in [0.25, 0.3) is 6.43 Å². The van der Waals surface area contributed by atoms with E-state index in [9.17, 15) is 13.6 Å². The molecule has 1 aliphatic rings. The van der Waals surface area contributed by atoms with E-state index in [0.717, 1.165) is 0 Å². The second kappa shape index (κ2) is 5.60. The summed E-state index contributed by atoms with van der Waals surface area (Å²) >= 11 is 0. The molecular formula is C11H14F2N2O4. The Kier molecular flexibility index (Phi) is 4.08. The molecule has 8 heteroatoms. The minimum atomic E-state index is -2.49. The van der Waals surface area contributed by atoms with Gasteiger partial charge in [-0.25, -0.2) is 8.78 Å². The molecule has 6 nitrogen and oxygen atoms in total. The highest BCUT2D eigenvalue weighted by atomic mass is 19.3. The van der Waals surface area contributed by atoms with E-state index < -0.39 is 24.4 Å². The zero-order valence-corrected chi connectivity index (χ0v) is 10.4. The maximum Gasteiger partial charge on any atom is 0.321 e. The average Bonchev–Trinajstić information content (AvgIpc) is 3.07. The number of esters is 1. The van der Waals surface area contributed by atoms with Gasteiger partial charge in [-0.1, -0.05) is 5.16 Å². The number of aromatic nitrogens is 2. The van der Waals surface area contributed by atoms with Crippen molar-refractivity contribution in [2.45, 2.75) is 31.1 Å². The topological polar surface area (TPSA) is 74.5 Å². The highest BCUT2D eigenvalue weighted by molar-refractivity contribution is 5.85. The molecule has 0 atom stereocenters. The number of ether oxygens (including phenoxy) is 2. The molecule has 0 N–H and O–H groups in total. The third-order valence-electron chi connectivity index (χ3n) is 2.92. The molecule has 0 saturated heterocycles. The second-order valence-corrected chi connectivity index (χ2v) is 4.31. The highest BCUT2D eigenvalue weighted by Crippen LogP contribution is 2.48. The molecule has 1 aromatic rings. The standard InChI is InChI=1S/C11H14F2N2O4/c1-17-10(16)11(3-4-11)9-14-8(15-19-9)2-5-18-6-7(12)13/h7H,2-6H2,1H3. The summed E-state index contributed by atoms with van der Waals surface area (Å²) in [6, 6.07) is 0. The molecule has 19 heavy (non-hydrogen) atoms. The number of halogens is 2. The van der Waals surface area contributed by atoms with E-state index in [1.54, 1.807) is 0 Å². The predicted molar refractivity (Wildman–Crippen MR) is 57.8 cm³/mol. The number of methoxy groups -OCH3 is 1. The highest BCUT2D eigenvalue weighted by Gasteiger charge is 2.57. The van der Waals surface area contributed by atoms with Crippen molar-refractivity contribution in [2.24, 2.45) is 0 Å². The van der Waals surface area contributed by atoms with Gasteiger partial charge >= 0.3 is 5.97 Å². The van der Waals surface area contributed by atoms with Crippen LogP contribution in [0.5, 0.6) is 0 Å². The summed E-state index contributed by atoms with van der Waals surface area (Å²) in [7, 11) is 1.30. The summed E-state index contributed by atoms with van der Waals surface area (Å²) in [4.78, 5) is 15.7. The van der Waals surface area contributed by atoms with Crippen molar-refractivity contribution in [2.75, 3.05) is 20.3 Å². The molecule has 1 aliphatic carbocycles. The zero-order valence-electron chi connectivity index (χ0n) is 10.4. The fraction of sp³-hybridized carbons (Fsp3) is 0.727. The maximum atomic E-state index is 11.8. The number of rotatable bonds is 7. The van der Waals surface area contributed by atoms with Gasteiger partial charge in [-0.15, -0.1) is 0 Å². The zero-order chi connectivity index (χ0) is 13.9. The van der Waals surface area contributed by atoms with Gasteiger partial charge in [0.15, 0.2) is 5.82 Å². The van der Waals surface area contributed by atoms with Crippen LogP contribution in [0.3, 0.4) is 0 Å². The monoisotopic (exact) mass is 276 g/mol. The molecule has 1 aromatic heterocycles. The first kappa shape index (κ1) is 13.9. The van der Waals surface area contributed by atoms with E-state index in [-0.39, 0.29) is 18.9 Å². The molecule has 0 aliphatic heterocycles. The van der Waals surface area contributed by atoms with Crippen LogP contribution in [0.25, 0.3) is 0 Å². The predicted octanol–water partition coefficient (Wildman–Crippen LogP) is 1.10. The van der Waals surface area contributed by atoms with Crippen LogP contribution in [-0.2, 0) is 26.1 Å². The van der Waals surface area contributed by atoms with Crippen LogP contribution < -0.4 is 0 Å². The molecule has 0 radical (unpaired) electrons. The summed E-state index contributed by atoms with van der Waals surface area (Å²) < 4.78 is 38.1. The second-order valence-electron chi connectivity index (χ2n) is 4.31. The lowest BCUT2D eigenvalue weighted by molar-refractivity contribution is -0.144. The Labute approximate surface area is 108 Å². The molecule has 0 aromatic carbocycles. The van der Waals surface area contributed by atoms with E-state index >= 15 is 0 Å². The van der Waals surface area contributed by atoms with Crippen LogP contribution in [0, 0.1) is 0 Å². The van der Waals surface area contributed by atoms with E-state index in [4.69, 9.17) is 14.0 Å². The van der Waals surface area contributed by atoms with Crippen molar-refractivity contribution in [3.05, 3.63) is 11.7 Å². The van der Waals surface area contributed by atoms with Crippen molar-refractivity contribution in [1.29, 1.82) is 0 Å². The van der Waals surface area contributed by atoms with Crippen molar-refractivity contribution in [1.82, 2.24) is 10.1 Å². The lowest BCUT2D eigenvalue weighted by Gasteiger charge is -2.05. The first-order valence-electron chi connectivity index (χ1n) is 5.86. The molecular weight excluding hydrogens is 262 g/mol. The maximum absolute atomic E-state index is 11.8. The third-order valence-corrected chi connectivity index (χ3v) is 2.92. The van der Waals surface area contributed by atoms with Crippen LogP contribution >= 0.6 is 0 Å². The van der Waals surface area contributed by atoms with Crippen LogP contribution in [0.2, 0.25) is 0 Å². The number of nitrogens with zero attached hydrogens (tertiary/aromatic N) is 2. The van der Waals surface area contributed by atoms with Crippen molar-refractivity contribution < 1.29 is 27.6 Å². The molecule has 0 spiro atoms. The number of hydrogen-bond donors (Lipinski definition) is 0. The SMILES string of the molecule is COC(=O)C1(c2nc(CCOCC(F)F)no2)CC1. The average molecular weight is 276 g/mol. The lowest BCUT2D eigenvalue weighted by atomic mass is 10.1. The van der Waals surface area contributed by atoms with Gasteiger partial charge in [-0.05, 0) is 12.8 Å². The van der Waals surface area contributed by atoms with E-state index in [0.29, 0.717) is 18.7 Å². The van der Waals surface area contributed by atoms with E-state index in [1.165, 1.54) is 7.11 Å². The lowest BCUT2D eigenvalue weighted by Crippen LogP contribution is -2.22. The molecule has 0 unspecified atom stereocenters. The van der Waals surface area contributed by atoms with Crippen molar-refractivity contribution in [3.63, 3.8) is 0 Å². The summed E-state index contributed by atoms with van der Waals surface area (Å²) in [5, 5.41) is 3.69. The minimum absolute atomic E-state index is 0.0779. The first-order chi connectivity index (χ1) is 9.08. The number of hydrogen-bond acceptors (Lipinski definition) is 6. The summed E-state index contributed by atoms with van der Waals surface area (Å²) in [5.41, 5.74) is -0.802. The molecule has 2 rings (SSSR count). The number of carbonyl (C=O) groups is 1. The van der Waals surface area contributed by atoms with E-state index in [2.05, 4.69) is 10.1 Å². The Morgan fingerprint density at radius 1 is 1.53 bits per heavy atom. The Balaban J connectivity index is 1.87. The number of carbonyl (C=O) groups excluding carboxylic acids is 1. The fourth-order valence-electron chi connectivity index (χ4n) is 1.71. The van der Waals surface area contributed by atoms with Gasteiger partial charge in [0.05, 0.1) is 13.7 Å².